The summed E-state index contributed by atoms with van der Waals surface area (Å²) in [7, 11) is 0. The van der Waals surface area contributed by atoms with Crippen molar-refractivity contribution in [2.45, 2.75) is 6.92 Å². The number of amidine groups is 1. The number of rotatable bonds is 4. The van der Waals surface area contributed by atoms with Crippen molar-refractivity contribution in [3.63, 3.8) is 0 Å². The first-order valence-corrected chi connectivity index (χ1v) is 5.39. The normalized spacial score (nSPS) is 9.67. The largest absolute Gasteiger partial charge is 0.278 e. The first-order chi connectivity index (χ1) is 7.29. The number of carbonyl (C=O) groups is 1. The number of nitrogens with one attached hydrogen (secondary N) is 2. The molecule has 0 saturated heterocycles. The van der Waals surface area contributed by atoms with Crippen molar-refractivity contribution in [1.29, 1.82) is 5.41 Å². The smallest absolute Gasteiger partial charge is 0.220 e. The molecule has 1 aromatic carbocycles. The van der Waals surface area contributed by atoms with Gasteiger partial charge in [-0.3, -0.25) is 19.8 Å². The fourth-order valence-electron chi connectivity index (χ4n) is 1.00. The van der Waals surface area contributed by atoms with Gasteiger partial charge in [-0.25, -0.2) is 0 Å². The Kier molecular flexibility index (Phi) is 4.86. The van der Waals surface area contributed by atoms with Crippen molar-refractivity contribution < 1.29 is 4.79 Å². The maximum Gasteiger partial charge on any atom is 0.220 e. The lowest BCUT2D eigenvalue weighted by atomic mass is 10.3. The minimum atomic E-state index is 0.165. The van der Waals surface area contributed by atoms with Gasteiger partial charge in [-0.05, 0) is 24.1 Å². The van der Waals surface area contributed by atoms with Crippen LogP contribution in [-0.2, 0) is 4.79 Å². The highest BCUT2D eigenvalue weighted by atomic mass is 32.2. The molecule has 0 fully saturated rings. The molecule has 1 amide bonds. The zero-order valence-corrected chi connectivity index (χ0v) is 9.25. The Balaban J connectivity index is 2.72. The number of anilines is 1. The second kappa shape index (κ2) is 6.21. The molecule has 5 heteroatoms. The van der Waals surface area contributed by atoms with E-state index in [0.29, 0.717) is 12.1 Å². The molecule has 0 unspecified atom stereocenters. The van der Waals surface area contributed by atoms with Crippen LogP contribution in [0.4, 0.5) is 5.69 Å². The van der Waals surface area contributed by atoms with Crippen LogP contribution in [0.1, 0.15) is 6.92 Å². The van der Waals surface area contributed by atoms with Gasteiger partial charge in [-0.2, -0.15) is 0 Å². The summed E-state index contributed by atoms with van der Waals surface area (Å²) in [6, 6.07) is 9.10. The number of benzene rings is 1. The van der Waals surface area contributed by atoms with Gasteiger partial charge < -0.3 is 0 Å². The Labute approximate surface area is 93.3 Å². The lowest BCUT2D eigenvalue weighted by Crippen LogP contribution is -2.28. The first-order valence-electron chi connectivity index (χ1n) is 4.57. The summed E-state index contributed by atoms with van der Waals surface area (Å²) in [4.78, 5) is 12.1. The van der Waals surface area contributed by atoms with E-state index in [9.17, 15) is 4.79 Å². The van der Waals surface area contributed by atoms with Gasteiger partial charge in [0.05, 0.1) is 5.69 Å². The van der Waals surface area contributed by atoms with Gasteiger partial charge >= 0.3 is 0 Å². The summed E-state index contributed by atoms with van der Waals surface area (Å²) >= 11 is 1.13. The summed E-state index contributed by atoms with van der Waals surface area (Å²) in [5, 5.41) is 7.85. The average molecular weight is 223 g/mol. The lowest BCUT2D eigenvalue weighted by Gasteiger charge is -2.16. The Hall–Kier alpha value is -1.33. The standard InChI is InChI=1S/C10H13N3OS/c1-2-12-15-10(11)13(8-14)9-6-4-3-5-7-9/h3-8,11-12H,2H2,1H3. The molecule has 0 atom stereocenters. The topological polar surface area (TPSA) is 56.2 Å². The van der Waals surface area contributed by atoms with Crippen LogP contribution in [-0.4, -0.2) is 18.1 Å². The molecular formula is C10H13N3OS. The van der Waals surface area contributed by atoms with Gasteiger partial charge in [0.1, 0.15) is 0 Å². The summed E-state index contributed by atoms with van der Waals surface area (Å²) in [6.45, 7) is 2.68. The van der Waals surface area contributed by atoms with E-state index in [1.807, 2.05) is 25.1 Å². The number of hydrogen-bond donors (Lipinski definition) is 2. The van der Waals surface area contributed by atoms with Crippen molar-refractivity contribution in [3.8, 4) is 0 Å². The van der Waals surface area contributed by atoms with E-state index in [1.54, 1.807) is 12.1 Å². The molecule has 2 N–H and O–H groups in total. The highest BCUT2D eigenvalue weighted by Crippen LogP contribution is 2.14. The highest BCUT2D eigenvalue weighted by Gasteiger charge is 2.10. The SMILES string of the molecule is CCNSC(=N)N(C=O)c1ccccc1. The van der Waals surface area contributed by atoms with Crippen molar-refractivity contribution in [2.24, 2.45) is 0 Å². The molecule has 15 heavy (non-hydrogen) atoms. The van der Waals surface area contributed by atoms with Gasteiger partial charge in [-0.15, -0.1) is 0 Å². The average Bonchev–Trinajstić information content (AvgIpc) is 2.29. The minimum absolute atomic E-state index is 0.165. The first kappa shape index (κ1) is 11.7. The summed E-state index contributed by atoms with van der Waals surface area (Å²) in [6.07, 6.45) is 0.641. The third-order valence-electron chi connectivity index (χ3n) is 1.67. The summed E-state index contributed by atoms with van der Waals surface area (Å²) in [5.41, 5.74) is 0.697. The zero-order valence-electron chi connectivity index (χ0n) is 8.43. The molecule has 0 spiro atoms. The molecular weight excluding hydrogens is 210 g/mol. The number of carbonyl (C=O) groups excluding carboxylic acids is 1. The van der Waals surface area contributed by atoms with Crippen molar-refractivity contribution >= 4 is 29.2 Å². The van der Waals surface area contributed by atoms with E-state index in [2.05, 4.69) is 4.72 Å². The van der Waals surface area contributed by atoms with E-state index in [0.717, 1.165) is 18.5 Å². The second-order valence-electron chi connectivity index (χ2n) is 2.72. The van der Waals surface area contributed by atoms with Crippen LogP contribution in [0.2, 0.25) is 0 Å². The molecule has 0 heterocycles. The second-order valence-corrected chi connectivity index (χ2v) is 3.60. The minimum Gasteiger partial charge on any atom is -0.278 e. The van der Waals surface area contributed by atoms with E-state index in [1.165, 1.54) is 4.90 Å². The predicted molar refractivity (Wildman–Crippen MR) is 64.0 cm³/mol. The van der Waals surface area contributed by atoms with E-state index in [4.69, 9.17) is 5.41 Å². The Bertz CT molecular complexity index is 329. The quantitative estimate of drug-likeness (QED) is 0.354. The van der Waals surface area contributed by atoms with E-state index < -0.39 is 0 Å². The molecule has 0 bridgehead atoms. The van der Waals surface area contributed by atoms with Gasteiger partial charge in [0, 0.05) is 6.54 Å². The van der Waals surface area contributed by atoms with Crippen LogP contribution in [0.25, 0.3) is 0 Å². The van der Waals surface area contributed by atoms with E-state index in [-0.39, 0.29) is 5.17 Å². The Morgan fingerprint density at radius 2 is 2.20 bits per heavy atom. The predicted octanol–water partition coefficient (Wildman–Crippen LogP) is 1.84. The fraction of sp³-hybridized carbons (Fsp3) is 0.200. The molecule has 0 aliphatic rings. The molecule has 4 nitrogen and oxygen atoms in total. The van der Waals surface area contributed by atoms with Gasteiger partial charge in [0.15, 0.2) is 5.17 Å². The van der Waals surface area contributed by atoms with Crippen LogP contribution < -0.4 is 9.62 Å². The maximum atomic E-state index is 10.9. The van der Waals surface area contributed by atoms with Crippen molar-refractivity contribution in [2.75, 3.05) is 11.4 Å². The lowest BCUT2D eigenvalue weighted by molar-refractivity contribution is -0.106. The molecule has 1 rings (SSSR count). The monoisotopic (exact) mass is 223 g/mol. The van der Waals surface area contributed by atoms with Crippen LogP contribution in [0.5, 0.6) is 0 Å². The third kappa shape index (κ3) is 3.38. The molecule has 0 saturated carbocycles. The Morgan fingerprint density at radius 3 is 2.73 bits per heavy atom. The highest BCUT2D eigenvalue weighted by molar-refractivity contribution is 8.12. The van der Waals surface area contributed by atoms with Crippen molar-refractivity contribution in [1.82, 2.24) is 4.72 Å². The van der Waals surface area contributed by atoms with Crippen LogP contribution >= 0.6 is 11.9 Å². The third-order valence-corrected chi connectivity index (χ3v) is 2.49. The maximum absolute atomic E-state index is 10.9. The van der Waals surface area contributed by atoms with E-state index >= 15 is 0 Å². The molecule has 0 aliphatic carbocycles. The molecule has 80 valence electrons. The number of para-hydroxylation sites is 1. The van der Waals surface area contributed by atoms with Gasteiger partial charge in [0.2, 0.25) is 6.41 Å². The van der Waals surface area contributed by atoms with Crippen LogP contribution in [0, 0.1) is 5.41 Å². The molecule has 1 aromatic rings. The van der Waals surface area contributed by atoms with Gasteiger partial charge in [0.25, 0.3) is 0 Å². The molecule has 0 radical (unpaired) electrons. The van der Waals surface area contributed by atoms with Crippen molar-refractivity contribution in [3.05, 3.63) is 30.3 Å². The number of nitrogens with zero attached hydrogens (tertiary/aromatic N) is 1. The fourth-order valence-corrected chi connectivity index (χ4v) is 1.53. The molecule has 0 aromatic heterocycles. The summed E-state index contributed by atoms with van der Waals surface area (Å²) < 4.78 is 2.92. The van der Waals surface area contributed by atoms with Gasteiger partial charge in [-0.1, -0.05) is 25.1 Å². The Morgan fingerprint density at radius 1 is 1.53 bits per heavy atom. The number of hydrogen-bond acceptors (Lipinski definition) is 4. The summed E-state index contributed by atoms with van der Waals surface area (Å²) in [5.74, 6) is 0. The number of amides is 1. The van der Waals surface area contributed by atoms with Crippen LogP contribution in [0.3, 0.4) is 0 Å². The molecule has 0 aliphatic heterocycles. The zero-order chi connectivity index (χ0) is 11.1. The van der Waals surface area contributed by atoms with Crippen LogP contribution in [0.15, 0.2) is 30.3 Å².